The minimum absolute atomic E-state index is 0. The molecule has 0 saturated carbocycles. The fourth-order valence-electron chi connectivity index (χ4n) is 3.49. The van der Waals surface area contributed by atoms with Gasteiger partial charge < -0.3 is 25.0 Å². The van der Waals surface area contributed by atoms with E-state index >= 15 is 0 Å². The summed E-state index contributed by atoms with van der Waals surface area (Å²) in [4.78, 5) is 18.7. The van der Waals surface area contributed by atoms with Crippen molar-refractivity contribution in [3.05, 3.63) is 59.7 Å². The second-order valence-electron chi connectivity index (χ2n) is 7.47. The van der Waals surface area contributed by atoms with Crippen LogP contribution in [0.4, 0.5) is 5.69 Å². The first-order valence-corrected chi connectivity index (χ1v) is 10.7. The quantitative estimate of drug-likeness (QED) is 0.202. The van der Waals surface area contributed by atoms with Crippen LogP contribution < -0.4 is 15.4 Å². The van der Waals surface area contributed by atoms with Crippen LogP contribution in [0.15, 0.2) is 53.5 Å². The fraction of sp³-hybridized carbons (Fsp3) is 0.417. The van der Waals surface area contributed by atoms with E-state index < -0.39 is 0 Å². The molecule has 1 amide bonds. The third-order valence-electron chi connectivity index (χ3n) is 5.14. The van der Waals surface area contributed by atoms with Gasteiger partial charge in [0.1, 0.15) is 5.75 Å². The van der Waals surface area contributed by atoms with E-state index in [4.69, 9.17) is 9.47 Å². The summed E-state index contributed by atoms with van der Waals surface area (Å²) in [5.74, 6) is 1.66. The average molecular weight is 552 g/mol. The number of rotatable bonds is 10. The van der Waals surface area contributed by atoms with Crippen molar-refractivity contribution in [2.45, 2.75) is 32.4 Å². The van der Waals surface area contributed by atoms with Gasteiger partial charge in [0.15, 0.2) is 5.96 Å². The summed E-state index contributed by atoms with van der Waals surface area (Å²) in [6, 6.07) is 16.0. The van der Waals surface area contributed by atoms with E-state index in [2.05, 4.69) is 27.8 Å². The zero-order valence-corrected chi connectivity index (χ0v) is 21.1. The number of methoxy groups -OCH3 is 1. The molecule has 2 aromatic carbocycles. The van der Waals surface area contributed by atoms with Crippen molar-refractivity contribution in [2.24, 2.45) is 4.99 Å². The number of fused-ring (bicyclic) bond motifs is 1. The highest BCUT2D eigenvalue weighted by Gasteiger charge is 2.22. The van der Waals surface area contributed by atoms with Crippen LogP contribution >= 0.6 is 24.0 Å². The van der Waals surface area contributed by atoms with E-state index in [-0.39, 0.29) is 29.9 Å². The molecule has 3 rings (SSSR count). The summed E-state index contributed by atoms with van der Waals surface area (Å²) in [7, 11) is 3.41. The highest BCUT2D eigenvalue weighted by atomic mass is 127. The molecule has 7 nitrogen and oxygen atoms in total. The number of amides is 1. The molecule has 0 unspecified atom stereocenters. The number of halogens is 1. The Bertz CT molecular complexity index is 866. The van der Waals surface area contributed by atoms with Crippen LogP contribution in [0.25, 0.3) is 0 Å². The topological polar surface area (TPSA) is 75.2 Å². The van der Waals surface area contributed by atoms with Gasteiger partial charge in [-0.15, -0.1) is 24.0 Å². The lowest BCUT2D eigenvalue weighted by molar-refractivity contribution is -0.131. The molecular weight excluding hydrogens is 519 g/mol. The Morgan fingerprint density at radius 1 is 1.06 bits per heavy atom. The van der Waals surface area contributed by atoms with E-state index in [1.807, 2.05) is 41.3 Å². The highest BCUT2D eigenvalue weighted by Crippen LogP contribution is 2.23. The van der Waals surface area contributed by atoms with E-state index in [9.17, 15) is 4.79 Å². The zero-order valence-electron chi connectivity index (χ0n) is 18.8. The van der Waals surface area contributed by atoms with E-state index in [0.29, 0.717) is 32.1 Å². The van der Waals surface area contributed by atoms with Gasteiger partial charge in [-0.05, 0) is 29.7 Å². The number of benzene rings is 2. The van der Waals surface area contributed by atoms with Crippen LogP contribution in [0.5, 0.6) is 5.75 Å². The minimum Gasteiger partial charge on any atom is -0.493 e. The predicted octanol–water partition coefficient (Wildman–Crippen LogP) is 4.03. The lowest BCUT2D eigenvalue weighted by Gasteiger charge is -2.16. The number of anilines is 1. The van der Waals surface area contributed by atoms with Crippen molar-refractivity contribution in [1.29, 1.82) is 0 Å². The molecule has 174 valence electrons. The summed E-state index contributed by atoms with van der Waals surface area (Å²) in [6.07, 6.45) is 2.11. The largest absolute Gasteiger partial charge is 0.493 e. The lowest BCUT2D eigenvalue weighted by atomic mass is 10.1. The van der Waals surface area contributed by atoms with Gasteiger partial charge in [-0.3, -0.25) is 9.79 Å². The van der Waals surface area contributed by atoms with Crippen molar-refractivity contribution in [3.8, 4) is 5.75 Å². The van der Waals surface area contributed by atoms with Crippen molar-refractivity contribution >= 4 is 41.5 Å². The molecule has 1 heterocycles. The smallest absolute Gasteiger partial charge is 0.223 e. The number of carbonyl (C=O) groups excluding carboxylic acids is 1. The lowest BCUT2D eigenvalue weighted by Crippen LogP contribution is -2.32. The average Bonchev–Trinajstić information content (AvgIpc) is 3.23. The number of hydrogen-bond acceptors (Lipinski definition) is 4. The first-order valence-electron chi connectivity index (χ1n) is 10.7. The molecule has 32 heavy (non-hydrogen) atoms. The Morgan fingerprint density at radius 2 is 1.81 bits per heavy atom. The van der Waals surface area contributed by atoms with Gasteiger partial charge >= 0.3 is 0 Å². The molecule has 0 saturated heterocycles. The maximum absolute atomic E-state index is 12.5. The molecule has 0 radical (unpaired) electrons. The third kappa shape index (κ3) is 7.98. The van der Waals surface area contributed by atoms with Gasteiger partial charge in [0, 0.05) is 65.0 Å². The molecule has 8 heteroatoms. The molecular formula is C24H33IN4O3. The molecule has 0 spiro atoms. The highest BCUT2D eigenvalue weighted by molar-refractivity contribution is 14.0. The number of hydrogen-bond donors (Lipinski definition) is 2. The number of aliphatic imine (C=N–C) groups is 1. The SMILES string of the molecule is CN=C(NCCCC(=O)N1Cc2ccccc2C1)Nc1cccc(OCCCOC)c1.I. The third-order valence-corrected chi connectivity index (χ3v) is 5.14. The second kappa shape index (κ2) is 13.9. The van der Waals surface area contributed by atoms with Crippen LogP contribution in [0.3, 0.4) is 0 Å². The number of carbonyl (C=O) groups is 1. The summed E-state index contributed by atoms with van der Waals surface area (Å²) in [5, 5.41) is 6.54. The van der Waals surface area contributed by atoms with Crippen molar-refractivity contribution < 1.29 is 14.3 Å². The van der Waals surface area contributed by atoms with Crippen LogP contribution in [-0.4, -0.2) is 50.7 Å². The van der Waals surface area contributed by atoms with Crippen LogP contribution in [0, 0.1) is 0 Å². The molecule has 2 N–H and O–H groups in total. The molecule has 1 aliphatic rings. The molecule has 2 aromatic rings. The minimum atomic E-state index is 0. The zero-order chi connectivity index (χ0) is 21.9. The van der Waals surface area contributed by atoms with E-state index in [1.54, 1.807) is 14.2 Å². The van der Waals surface area contributed by atoms with Crippen LogP contribution in [-0.2, 0) is 22.6 Å². The molecule has 1 aliphatic heterocycles. The summed E-state index contributed by atoms with van der Waals surface area (Å²) >= 11 is 0. The van der Waals surface area contributed by atoms with Gasteiger partial charge in [-0.2, -0.15) is 0 Å². The Morgan fingerprint density at radius 3 is 2.50 bits per heavy atom. The maximum Gasteiger partial charge on any atom is 0.223 e. The monoisotopic (exact) mass is 552 g/mol. The standard InChI is InChI=1S/C24H32N4O3.HI/c1-25-24(27-21-10-5-11-22(16-21)31-15-7-14-30-2)26-13-6-12-23(29)28-17-19-8-3-4-9-20(19)18-28;/h3-5,8-11,16H,6-7,12-15,17-18H2,1-2H3,(H2,25,26,27);1H. The number of guanidine groups is 1. The van der Waals surface area contributed by atoms with Gasteiger partial charge in [-0.1, -0.05) is 30.3 Å². The Kier molecular flexibility index (Phi) is 11.3. The first kappa shape index (κ1) is 25.9. The first-order chi connectivity index (χ1) is 15.2. The Hall–Kier alpha value is -2.33. The number of ether oxygens (including phenoxy) is 2. The fourth-order valence-corrected chi connectivity index (χ4v) is 3.49. The summed E-state index contributed by atoms with van der Waals surface area (Å²) < 4.78 is 10.8. The Balaban J connectivity index is 0.00000363. The van der Waals surface area contributed by atoms with Crippen molar-refractivity contribution in [2.75, 3.05) is 39.2 Å². The molecule has 0 atom stereocenters. The summed E-state index contributed by atoms with van der Waals surface area (Å²) in [5.41, 5.74) is 3.40. The van der Waals surface area contributed by atoms with E-state index in [1.165, 1.54) is 11.1 Å². The van der Waals surface area contributed by atoms with Gasteiger partial charge in [-0.25, -0.2) is 0 Å². The predicted molar refractivity (Wildman–Crippen MR) is 139 cm³/mol. The molecule has 0 aliphatic carbocycles. The van der Waals surface area contributed by atoms with Crippen molar-refractivity contribution in [1.82, 2.24) is 10.2 Å². The molecule has 0 fully saturated rings. The van der Waals surface area contributed by atoms with E-state index in [0.717, 1.165) is 37.4 Å². The second-order valence-corrected chi connectivity index (χ2v) is 7.47. The molecule has 0 aromatic heterocycles. The van der Waals surface area contributed by atoms with Crippen molar-refractivity contribution in [3.63, 3.8) is 0 Å². The van der Waals surface area contributed by atoms with Crippen LogP contribution in [0.2, 0.25) is 0 Å². The molecule has 0 bridgehead atoms. The Labute approximate surface area is 207 Å². The van der Waals surface area contributed by atoms with Gasteiger partial charge in [0.2, 0.25) is 5.91 Å². The van der Waals surface area contributed by atoms with Gasteiger partial charge in [0.25, 0.3) is 0 Å². The number of nitrogens with zero attached hydrogens (tertiary/aromatic N) is 2. The van der Waals surface area contributed by atoms with Gasteiger partial charge in [0.05, 0.1) is 6.61 Å². The normalized spacial score (nSPS) is 12.7. The van der Waals surface area contributed by atoms with Crippen LogP contribution in [0.1, 0.15) is 30.4 Å². The summed E-state index contributed by atoms with van der Waals surface area (Å²) in [6.45, 7) is 3.40. The maximum atomic E-state index is 12.5. The number of nitrogens with one attached hydrogen (secondary N) is 2.